The van der Waals surface area contributed by atoms with Gasteiger partial charge in [0.1, 0.15) is 11.4 Å². The number of benzene rings is 1. The lowest BCUT2D eigenvalue weighted by atomic mass is 10.1. The van der Waals surface area contributed by atoms with Crippen LogP contribution in [0, 0.1) is 5.82 Å². The first-order valence-corrected chi connectivity index (χ1v) is 9.28. The summed E-state index contributed by atoms with van der Waals surface area (Å²) in [5.74, 6) is -0.329. The van der Waals surface area contributed by atoms with Crippen LogP contribution in [0.3, 0.4) is 0 Å². The van der Waals surface area contributed by atoms with Crippen molar-refractivity contribution in [2.75, 3.05) is 33.2 Å². The van der Waals surface area contributed by atoms with Crippen molar-refractivity contribution in [2.45, 2.75) is 45.9 Å². The first kappa shape index (κ1) is 21.2. The van der Waals surface area contributed by atoms with Gasteiger partial charge < -0.3 is 14.5 Å². The zero-order chi connectivity index (χ0) is 20.2. The molecule has 0 bridgehead atoms. The molecule has 2 amide bonds. The zero-order valence-electron chi connectivity index (χ0n) is 16.9. The van der Waals surface area contributed by atoms with Crippen molar-refractivity contribution >= 4 is 12.0 Å². The van der Waals surface area contributed by atoms with Gasteiger partial charge in [-0.05, 0) is 45.4 Å². The third-order valence-corrected chi connectivity index (χ3v) is 4.56. The number of hydrogen-bond donors (Lipinski definition) is 0. The average Bonchev–Trinajstić information content (AvgIpc) is 2.59. The first-order chi connectivity index (χ1) is 12.6. The lowest BCUT2D eigenvalue weighted by Crippen LogP contribution is -2.55. The molecule has 1 aliphatic rings. The van der Waals surface area contributed by atoms with Crippen LogP contribution >= 0.6 is 0 Å². The Hall–Kier alpha value is -2.15. The predicted octanol–water partition coefficient (Wildman–Crippen LogP) is 2.73. The third-order valence-electron chi connectivity index (χ3n) is 4.56. The van der Waals surface area contributed by atoms with E-state index in [9.17, 15) is 14.0 Å². The van der Waals surface area contributed by atoms with Gasteiger partial charge in [0.05, 0.1) is 6.04 Å². The minimum atomic E-state index is -0.517. The Morgan fingerprint density at radius 3 is 2.41 bits per heavy atom. The van der Waals surface area contributed by atoms with Crippen molar-refractivity contribution in [1.82, 2.24) is 14.7 Å². The Balaban J connectivity index is 1.86. The molecule has 0 aliphatic carbocycles. The SMILES string of the molecule is CC(C(=O)N(C)Cc1cccc(F)c1)N1CCN(C(=O)OC(C)(C)C)CC1. The molecule has 0 radical (unpaired) electrons. The molecule has 1 aromatic carbocycles. The largest absolute Gasteiger partial charge is 0.444 e. The van der Waals surface area contributed by atoms with Crippen LogP contribution in [0.5, 0.6) is 0 Å². The standard InChI is InChI=1S/C20H30FN3O3/c1-15(18(25)22(5)14-16-7-6-8-17(21)13-16)23-9-11-24(12-10-23)19(26)27-20(2,3)4/h6-8,13,15H,9-12,14H2,1-5H3. The lowest BCUT2D eigenvalue weighted by molar-refractivity contribution is -0.136. The van der Waals surface area contributed by atoms with E-state index in [-0.39, 0.29) is 23.9 Å². The highest BCUT2D eigenvalue weighted by Crippen LogP contribution is 2.14. The van der Waals surface area contributed by atoms with Crippen LogP contribution in [0.2, 0.25) is 0 Å². The Morgan fingerprint density at radius 2 is 1.85 bits per heavy atom. The maximum atomic E-state index is 13.3. The summed E-state index contributed by atoms with van der Waals surface area (Å²) in [4.78, 5) is 30.2. The van der Waals surface area contributed by atoms with E-state index < -0.39 is 5.60 Å². The quantitative estimate of drug-likeness (QED) is 0.807. The molecule has 27 heavy (non-hydrogen) atoms. The van der Waals surface area contributed by atoms with Crippen LogP contribution < -0.4 is 0 Å². The Kier molecular flexibility index (Phi) is 6.81. The molecule has 7 heteroatoms. The molecule has 1 fully saturated rings. The molecule has 1 unspecified atom stereocenters. The van der Waals surface area contributed by atoms with Crippen LogP contribution in [0.4, 0.5) is 9.18 Å². The highest BCUT2D eigenvalue weighted by molar-refractivity contribution is 5.81. The number of piperazine rings is 1. The van der Waals surface area contributed by atoms with E-state index in [2.05, 4.69) is 4.90 Å². The van der Waals surface area contributed by atoms with Gasteiger partial charge in [-0.15, -0.1) is 0 Å². The summed E-state index contributed by atoms with van der Waals surface area (Å²) in [6.45, 7) is 10.0. The summed E-state index contributed by atoms with van der Waals surface area (Å²) in [6.07, 6.45) is -0.315. The molecule has 150 valence electrons. The smallest absolute Gasteiger partial charge is 0.410 e. The van der Waals surface area contributed by atoms with Gasteiger partial charge in [-0.1, -0.05) is 12.1 Å². The molecule has 1 aromatic rings. The molecule has 0 saturated carbocycles. The third kappa shape index (κ3) is 6.20. The summed E-state index contributed by atoms with van der Waals surface area (Å²) in [6, 6.07) is 5.97. The molecule has 6 nitrogen and oxygen atoms in total. The van der Waals surface area contributed by atoms with Gasteiger partial charge in [0, 0.05) is 39.8 Å². The normalized spacial score (nSPS) is 16.7. The van der Waals surface area contributed by atoms with E-state index in [4.69, 9.17) is 4.74 Å². The number of carbonyl (C=O) groups is 2. The summed E-state index contributed by atoms with van der Waals surface area (Å²) in [5, 5.41) is 0. The molecule has 1 saturated heterocycles. The van der Waals surface area contributed by atoms with Crippen LogP contribution in [0.1, 0.15) is 33.3 Å². The van der Waals surface area contributed by atoms with Gasteiger partial charge in [0.15, 0.2) is 0 Å². The molecule has 1 aliphatic heterocycles. The van der Waals surface area contributed by atoms with E-state index in [0.29, 0.717) is 32.7 Å². The second-order valence-electron chi connectivity index (χ2n) is 8.00. The minimum absolute atomic E-state index is 0.0232. The summed E-state index contributed by atoms with van der Waals surface area (Å²) < 4.78 is 18.7. The summed E-state index contributed by atoms with van der Waals surface area (Å²) in [7, 11) is 1.72. The number of ether oxygens (including phenoxy) is 1. The van der Waals surface area contributed by atoms with Gasteiger partial charge in [-0.2, -0.15) is 0 Å². The first-order valence-electron chi connectivity index (χ1n) is 9.28. The molecule has 1 atom stereocenters. The van der Waals surface area contributed by atoms with Crippen LogP contribution in [0.25, 0.3) is 0 Å². The summed E-state index contributed by atoms with van der Waals surface area (Å²) in [5.41, 5.74) is 0.240. The van der Waals surface area contributed by atoms with E-state index in [0.717, 1.165) is 5.56 Å². The number of likely N-dealkylation sites (N-methyl/N-ethyl adjacent to an activating group) is 1. The van der Waals surface area contributed by atoms with Crippen molar-refractivity contribution in [3.05, 3.63) is 35.6 Å². The monoisotopic (exact) mass is 379 g/mol. The molecular formula is C20H30FN3O3. The minimum Gasteiger partial charge on any atom is -0.444 e. The molecule has 1 heterocycles. The Bertz CT molecular complexity index is 667. The van der Waals surface area contributed by atoms with Crippen molar-refractivity contribution in [1.29, 1.82) is 0 Å². The number of nitrogens with zero attached hydrogens (tertiary/aromatic N) is 3. The molecule has 0 aromatic heterocycles. The van der Waals surface area contributed by atoms with Crippen LogP contribution in [-0.2, 0) is 16.1 Å². The van der Waals surface area contributed by atoms with Gasteiger partial charge >= 0.3 is 6.09 Å². The van der Waals surface area contributed by atoms with Crippen molar-refractivity contribution in [2.24, 2.45) is 0 Å². The maximum absolute atomic E-state index is 13.3. The topological polar surface area (TPSA) is 53.1 Å². The number of halogens is 1. The van der Waals surface area contributed by atoms with Gasteiger partial charge in [-0.3, -0.25) is 9.69 Å². The second kappa shape index (κ2) is 8.69. The van der Waals surface area contributed by atoms with Gasteiger partial charge in [0.2, 0.25) is 5.91 Å². The molecule has 0 N–H and O–H groups in total. The lowest BCUT2D eigenvalue weighted by Gasteiger charge is -2.38. The highest BCUT2D eigenvalue weighted by atomic mass is 19.1. The molecule has 0 spiro atoms. The Labute approximate surface area is 160 Å². The predicted molar refractivity (Wildman–Crippen MR) is 102 cm³/mol. The number of rotatable bonds is 4. The fourth-order valence-electron chi connectivity index (χ4n) is 3.08. The van der Waals surface area contributed by atoms with Crippen molar-refractivity contribution in [3.63, 3.8) is 0 Å². The number of hydrogen-bond acceptors (Lipinski definition) is 4. The van der Waals surface area contributed by atoms with E-state index in [1.54, 1.807) is 29.0 Å². The fraction of sp³-hybridized carbons (Fsp3) is 0.600. The van der Waals surface area contributed by atoms with E-state index in [1.165, 1.54) is 12.1 Å². The molecule has 2 rings (SSSR count). The average molecular weight is 379 g/mol. The number of amides is 2. The van der Waals surface area contributed by atoms with Crippen molar-refractivity contribution in [3.8, 4) is 0 Å². The van der Waals surface area contributed by atoms with Gasteiger partial charge in [-0.25, -0.2) is 9.18 Å². The highest BCUT2D eigenvalue weighted by Gasteiger charge is 2.30. The van der Waals surface area contributed by atoms with E-state index >= 15 is 0 Å². The fourth-order valence-corrected chi connectivity index (χ4v) is 3.08. The molecular weight excluding hydrogens is 349 g/mol. The van der Waals surface area contributed by atoms with E-state index in [1.807, 2.05) is 27.7 Å². The van der Waals surface area contributed by atoms with Crippen LogP contribution in [-0.4, -0.2) is 71.6 Å². The number of carbonyl (C=O) groups excluding carboxylic acids is 2. The Morgan fingerprint density at radius 1 is 1.22 bits per heavy atom. The summed E-state index contributed by atoms with van der Waals surface area (Å²) >= 11 is 0. The zero-order valence-corrected chi connectivity index (χ0v) is 16.9. The maximum Gasteiger partial charge on any atom is 0.410 e. The second-order valence-corrected chi connectivity index (χ2v) is 8.00. The van der Waals surface area contributed by atoms with Crippen LogP contribution in [0.15, 0.2) is 24.3 Å². The van der Waals surface area contributed by atoms with Gasteiger partial charge in [0.25, 0.3) is 0 Å². The van der Waals surface area contributed by atoms with Crippen molar-refractivity contribution < 1.29 is 18.7 Å².